The van der Waals surface area contributed by atoms with E-state index in [0.29, 0.717) is 11.9 Å². The van der Waals surface area contributed by atoms with Crippen molar-refractivity contribution in [3.05, 3.63) is 40.2 Å². The Kier molecular flexibility index (Phi) is 7.41. The van der Waals surface area contributed by atoms with Crippen molar-refractivity contribution in [2.45, 2.75) is 76.7 Å². The fourth-order valence-corrected chi connectivity index (χ4v) is 5.70. The first kappa shape index (κ1) is 28.4. The fourth-order valence-electron chi connectivity index (χ4n) is 5.70. The number of ether oxygens (including phenoxy) is 1. The molecule has 0 aliphatic carbocycles. The maximum Gasteiger partial charge on any atom is 0.368 e. The highest BCUT2D eigenvalue weighted by Gasteiger charge is 2.43. The number of nitriles is 1. The molecule has 1 aromatic carbocycles. The lowest BCUT2D eigenvalue weighted by atomic mass is 9.84. The molecule has 5 rings (SSSR count). The molecule has 0 radical (unpaired) electrons. The van der Waals surface area contributed by atoms with E-state index in [1.165, 1.54) is 39.6 Å². The minimum Gasteiger partial charge on any atom is -0.488 e. The van der Waals surface area contributed by atoms with Crippen LogP contribution in [0.2, 0.25) is 0 Å². The van der Waals surface area contributed by atoms with Gasteiger partial charge in [0.1, 0.15) is 41.2 Å². The summed E-state index contributed by atoms with van der Waals surface area (Å²) in [5.74, 6) is -0.451. The molecule has 0 spiro atoms. The van der Waals surface area contributed by atoms with Gasteiger partial charge in [-0.2, -0.15) is 19.6 Å². The van der Waals surface area contributed by atoms with Gasteiger partial charge >= 0.3 is 5.69 Å². The van der Waals surface area contributed by atoms with Crippen molar-refractivity contribution >= 4 is 17.5 Å². The first-order valence-corrected chi connectivity index (χ1v) is 13.6. The zero-order valence-electron chi connectivity index (χ0n) is 23.8. The van der Waals surface area contributed by atoms with Gasteiger partial charge in [0.25, 0.3) is 0 Å². The van der Waals surface area contributed by atoms with Gasteiger partial charge in [0.15, 0.2) is 5.82 Å². The number of nitrogens with one attached hydrogen (secondary N) is 2. The molecular weight excluding hydrogens is 534 g/mol. The van der Waals surface area contributed by atoms with Gasteiger partial charge in [0.2, 0.25) is 5.95 Å². The highest BCUT2D eigenvalue weighted by atomic mass is 19.1. The van der Waals surface area contributed by atoms with Gasteiger partial charge in [-0.25, -0.2) is 18.6 Å². The molecule has 3 aromatic rings. The lowest BCUT2D eigenvalue weighted by Crippen LogP contribution is -2.55. The summed E-state index contributed by atoms with van der Waals surface area (Å²) in [6.07, 6.45) is 5.50. The third-order valence-corrected chi connectivity index (χ3v) is 7.52. The Balaban J connectivity index is 1.44. The van der Waals surface area contributed by atoms with Crippen molar-refractivity contribution in [2.75, 3.05) is 23.8 Å². The zero-order chi connectivity index (χ0) is 29.5. The SMILES string of the molecule is Cn1nnn(-c2cc(Nc3ncc(C#N)c(N[C@@H]4C[C@@H]5CCCN5C(C)(C)C4)n3)c(F)cc2OCC(C)(C)F)c1=O. The number of hydrogen-bond donors (Lipinski definition) is 2. The molecule has 0 saturated carbocycles. The molecule has 2 aliphatic rings. The smallest absolute Gasteiger partial charge is 0.368 e. The van der Waals surface area contributed by atoms with Crippen molar-refractivity contribution in [3.8, 4) is 17.5 Å². The Hall–Kier alpha value is -4.12. The molecule has 12 nitrogen and oxygen atoms in total. The molecule has 218 valence electrons. The van der Waals surface area contributed by atoms with Crippen LogP contribution in [0, 0.1) is 17.1 Å². The van der Waals surface area contributed by atoms with Crippen LogP contribution in [0.15, 0.2) is 23.1 Å². The number of rotatable bonds is 8. The molecule has 2 aromatic heterocycles. The molecule has 0 bridgehead atoms. The summed E-state index contributed by atoms with van der Waals surface area (Å²) < 4.78 is 36.9. The number of aryl methyl sites for hydroxylation is 1. The van der Waals surface area contributed by atoms with E-state index in [1.807, 2.05) is 0 Å². The van der Waals surface area contributed by atoms with Crippen LogP contribution in [0.4, 0.5) is 26.2 Å². The topological polar surface area (TPSA) is 139 Å². The van der Waals surface area contributed by atoms with Crippen LogP contribution in [0.1, 0.15) is 58.9 Å². The van der Waals surface area contributed by atoms with Gasteiger partial charge in [-0.05, 0) is 76.4 Å². The van der Waals surface area contributed by atoms with E-state index in [9.17, 15) is 14.4 Å². The third kappa shape index (κ3) is 6.00. The summed E-state index contributed by atoms with van der Waals surface area (Å²) in [5, 5.41) is 23.5. The van der Waals surface area contributed by atoms with E-state index in [0.717, 1.165) is 41.2 Å². The second kappa shape index (κ2) is 10.7. The number of nitrogens with zero attached hydrogens (tertiary/aromatic N) is 8. The Labute approximate surface area is 236 Å². The maximum absolute atomic E-state index is 15.3. The minimum atomic E-state index is -1.71. The molecule has 2 N–H and O–H groups in total. The number of halogens is 2. The number of piperidine rings is 1. The predicted octanol–water partition coefficient (Wildman–Crippen LogP) is 3.45. The van der Waals surface area contributed by atoms with Gasteiger partial charge in [0.05, 0.1) is 11.9 Å². The Morgan fingerprint density at radius 1 is 1.29 bits per heavy atom. The summed E-state index contributed by atoms with van der Waals surface area (Å²) in [5.41, 5.74) is -2.07. The van der Waals surface area contributed by atoms with Gasteiger partial charge in [-0.15, -0.1) is 0 Å². The molecule has 2 saturated heterocycles. The summed E-state index contributed by atoms with van der Waals surface area (Å²) in [4.78, 5) is 23.9. The number of benzene rings is 1. The van der Waals surface area contributed by atoms with Crippen LogP contribution in [0.25, 0.3) is 5.69 Å². The number of anilines is 3. The molecule has 2 atom stereocenters. The van der Waals surface area contributed by atoms with E-state index in [4.69, 9.17) is 4.74 Å². The molecule has 0 amide bonds. The fraction of sp³-hybridized carbons (Fsp3) is 0.556. The summed E-state index contributed by atoms with van der Waals surface area (Å²) in [6.45, 7) is 7.83. The van der Waals surface area contributed by atoms with Gasteiger partial charge < -0.3 is 15.4 Å². The van der Waals surface area contributed by atoms with E-state index in [-0.39, 0.29) is 46.8 Å². The Morgan fingerprint density at radius 2 is 2.07 bits per heavy atom. The number of aromatic nitrogens is 6. The summed E-state index contributed by atoms with van der Waals surface area (Å²) in [7, 11) is 1.41. The van der Waals surface area contributed by atoms with Gasteiger partial charge in [0, 0.05) is 30.7 Å². The number of hydrogen-bond acceptors (Lipinski definition) is 10. The molecular formula is C27H34F2N10O2. The van der Waals surface area contributed by atoms with Crippen molar-refractivity contribution in [2.24, 2.45) is 7.05 Å². The monoisotopic (exact) mass is 568 g/mol. The Morgan fingerprint density at radius 3 is 2.76 bits per heavy atom. The summed E-state index contributed by atoms with van der Waals surface area (Å²) >= 11 is 0. The standard InChI is InChI=1S/C27H34F2N10O2/c1-26(2,29)15-41-22-10-19(28)20(11-21(22)39-25(40)37(5)35-36-39)33-24-31-14-16(13-30)23(34-24)32-17-9-18-7-6-8-38(18)27(3,4)12-17/h10-11,14,17-18H,6-9,12,15H2,1-5H3,(H2,31,32,33,34)/t17-,18+/m1/s1. The third-order valence-electron chi connectivity index (χ3n) is 7.52. The van der Waals surface area contributed by atoms with Crippen LogP contribution in [0.3, 0.4) is 0 Å². The molecule has 0 unspecified atom stereocenters. The van der Waals surface area contributed by atoms with Crippen molar-refractivity contribution in [1.29, 1.82) is 5.26 Å². The van der Waals surface area contributed by atoms with Gasteiger partial charge in [-0.1, -0.05) is 0 Å². The first-order valence-electron chi connectivity index (χ1n) is 13.6. The molecule has 2 aliphatic heterocycles. The average Bonchev–Trinajstić information content (AvgIpc) is 3.51. The van der Waals surface area contributed by atoms with Crippen LogP contribution >= 0.6 is 0 Å². The number of fused-ring (bicyclic) bond motifs is 1. The van der Waals surface area contributed by atoms with E-state index >= 15 is 4.39 Å². The average molecular weight is 569 g/mol. The largest absolute Gasteiger partial charge is 0.488 e. The molecule has 14 heteroatoms. The highest BCUT2D eigenvalue weighted by molar-refractivity contribution is 5.64. The lowest BCUT2D eigenvalue weighted by Gasteiger charge is -2.47. The van der Waals surface area contributed by atoms with Crippen molar-refractivity contribution in [3.63, 3.8) is 0 Å². The summed E-state index contributed by atoms with van der Waals surface area (Å²) in [6, 6.07) is 5.02. The van der Waals surface area contributed by atoms with E-state index < -0.39 is 17.2 Å². The van der Waals surface area contributed by atoms with Crippen LogP contribution < -0.4 is 21.1 Å². The van der Waals surface area contributed by atoms with Crippen molar-refractivity contribution in [1.82, 2.24) is 34.7 Å². The van der Waals surface area contributed by atoms with Crippen molar-refractivity contribution < 1.29 is 13.5 Å². The maximum atomic E-state index is 15.3. The molecule has 41 heavy (non-hydrogen) atoms. The lowest BCUT2D eigenvalue weighted by molar-refractivity contribution is 0.0501. The molecule has 2 fully saturated rings. The number of tetrazole rings is 1. The van der Waals surface area contributed by atoms with Gasteiger partial charge in [-0.3, -0.25) is 4.90 Å². The first-order chi connectivity index (χ1) is 19.3. The van der Waals surface area contributed by atoms with Crippen LogP contribution in [0.5, 0.6) is 5.75 Å². The minimum absolute atomic E-state index is 0.0110. The zero-order valence-corrected chi connectivity index (χ0v) is 23.8. The second-order valence-electron chi connectivity index (χ2n) is 11.9. The Bertz CT molecular complexity index is 1540. The highest BCUT2D eigenvalue weighted by Crippen LogP contribution is 2.39. The number of alkyl halides is 1. The normalized spacial score (nSPS) is 20.3. The quantitative estimate of drug-likeness (QED) is 0.415. The molecule has 4 heterocycles. The predicted molar refractivity (Wildman–Crippen MR) is 148 cm³/mol. The van der Waals surface area contributed by atoms with Crippen LogP contribution in [-0.4, -0.2) is 71.1 Å². The van der Waals surface area contributed by atoms with E-state index in [1.54, 1.807) is 0 Å². The van der Waals surface area contributed by atoms with E-state index in [2.05, 4.69) is 55.8 Å². The van der Waals surface area contributed by atoms with Crippen LogP contribution in [-0.2, 0) is 7.05 Å². The second-order valence-corrected chi connectivity index (χ2v) is 11.9.